The first-order valence-corrected chi connectivity index (χ1v) is 8.41. The molecule has 1 aromatic heterocycles. The predicted octanol–water partition coefficient (Wildman–Crippen LogP) is 2.84. The Morgan fingerprint density at radius 3 is 2.92 bits per heavy atom. The first kappa shape index (κ1) is 15.0. The van der Waals surface area contributed by atoms with Crippen molar-refractivity contribution in [2.75, 3.05) is 0 Å². The maximum atomic E-state index is 12.5. The number of para-hydroxylation sites is 1. The topological polar surface area (TPSA) is 70.9 Å². The van der Waals surface area contributed by atoms with Crippen molar-refractivity contribution in [3.63, 3.8) is 0 Å². The van der Waals surface area contributed by atoms with Gasteiger partial charge in [-0.15, -0.1) is 0 Å². The van der Waals surface area contributed by atoms with E-state index in [2.05, 4.69) is 28.5 Å². The zero-order valence-electron chi connectivity index (χ0n) is 13.5. The largest absolute Gasteiger partial charge is 0.361 e. The van der Waals surface area contributed by atoms with Crippen LogP contribution in [0.5, 0.6) is 0 Å². The van der Waals surface area contributed by atoms with E-state index in [-0.39, 0.29) is 11.9 Å². The minimum atomic E-state index is -0.544. The Labute approximate surface area is 141 Å². The zero-order valence-corrected chi connectivity index (χ0v) is 13.5. The maximum Gasteiger partial charge on any atom is 0.237 e. The van der Waals surface area contributed by atoms with Gasteiger partial charge in [0.25, 0.3) is 0 Å². The second-order valence-corrected chi connectivity index (χ2v) is 6.47. The Morgan fingerprint density at radius 2 is 2.00 bits per heavy atom. The number of carbonyl (C=O) groups excluding carboxylic acids is 1. The van der Waals surface area contributed by atoms with Gasteiger partial charge in [-0.05, 0) is 42.0 Å². The number of carbonyl (C=O) groups is 1. The highest BCUT2D eigenvalue weighted by Gasteiger charge is 2.25. The van der Waals surface area contributed by atoms with Crippen LogP contribution in [0.15, 0.2) is 54.7 Å². The summed E-state index contributed by atoms with van der Waals surface area (Å²) in [5.74, 6) is -0.0815. The van der Waals surface area contributed by atoms with Crippen LogP contribution in [0.2, 0.25) is 0 Å². The molecule has 4 N–H and O–H groups in total. The number of amides is 1. The molecule has 2 atom stereocenters. The van der Waals surface area contributed by atoms with Gasteiger partial charge in [0.05, 0.1) is 12.1 Å². The molecule has 4 nitrogen and oxygen atoms in total. The van der Waals surface area contributed by atoms with E-state index in [1.165, 1.54) is 11.1 Å². The van der Waals surface area contributed by atoms with Crippen LogP contribution in [0, 0.1) is 0 Å². The Hall–Kier alpha value is -2.59. The summed E-state index contributed by atoms with van der Waals surface area (Å²) in [7, 11) is 0. The molecule has 0 spiro atoms. The number of hydrogen-bond acceptors (Lipinski definition) is 2. The van der Waals surface area contributed by atoms with Crippen molar-refractivity contribution in [2.45, 2.75) is 31.3 Å². The normalized spacial score (nSPS) is 17.6. The van der Waals surface area contributed by atoms with Crippen LogP contribution >= 0.6 is 0 Å². The van der Waals surface area contributed by atoms with Gasteiger partial charge in [0.1, 0.15) is 0 Å². The number of hydrogen-bond donors (Lipinski definition) is 3. The lowest BCUT2D eigenvalue weighted by Crippen LogP contribution is -2.43. The molecule has 0 fully saturated rings. The predicted molar refractivity (Wildman–Crippen MR) is 95.6 cm³/mol. The number of benzene rings is 2. The van der Waals surface area contributed by atoms with Crippen LogP contribution in [0.3, 0.4) is 0 Å². The number of rotatable bonds is 4. The molecule has 1 amide bonds. The molecule has 4 heteroatoms. The van der Waals surface area contributed by atoms with Crippen molar-refractivity contribution in [3.05, 3.63) is 71.4 Å². The van der Waals surface area contributed by atoms with E-state index in [1.807, 2.05) is 36.5 Å². The number of aromatic amines is 1. The minimum absolute atomic E-state index is 0.0815. The quantitative estimate of drug-likeness (QED) is 0.692. The smallest absolute Gasteiger partial charge is 0.237 e. The molecule has 0 unspecified atom stereocenters. The molecule has 1 aliphatic carbocycles. The van der Waals surface area contributed by atoms with Crippen molar-refractivity contribution in [1.82, 2.24) is 10.3 Å². The average molecular weight is 319 g/mol. The highest BCUT2D eigenvalue weighted by Crippen LogP contribution is 2.30. The first-order valence-electron chi connectivity index (χ1n) is 8.41. The van der Waals surface area contributed by atoms with E-state index < -0.39 is 6.04 Å². The van der Waals surface area contributed by atoms with E-state index in [1.54, 1.807) is 0 Å². The second kappa shape index (κ2) is 6.13. The van der Waals surface area contributed by atoms with Gasteiger partial charge < -0.3 is 16.0 Å². The van der Waals surface area contributed by atoms with E-state index in [0.717, 1.165) is 29.3 Å². The fourth-order valence-corrected chi connectivity index (χ4v) is 3.62. The summed E-state index contributed by atoms with van der Waals surface area (Å²) >= 11 is 0. The van der Waals surface area contributed by atoms with E-state index in [0.29, 0.717) is 6.42 Å². The highest BCUT2D eigenvalue weighted by molar-refractivity contribution is 5.86. The van der Waals surface area contributed by atoms with Crippen molar-refractivity contribution in [1.29, 1.82) is 0 Å². The lowest BCUT2D eigenvalue weighted by atomic mass is 10.0. The molecule has 122 valence electrons. The third kappa shape index (κ3) is 2.69. The number of nitrogens with two attached hydrogens (primary N) is 1. The Balaban J connectivity index is 1.45. The van der Waals surface area contributed by atoms with Gasteiger partial charge in [-0.1, -0.05) is 42.5 Å². The van der Waals surface area contributed by atoms with Gasteiger partial charge in [-0.3, -0.25) is 4.79 Å². The zero-order chi connectivity index (χ0) is 16.5. The van der Waals surface area contributed by atoms with Gasteiger partial charge in [0.2, 0.25) is 5.91 Å². The lowest BCUT2D eigenvalue weighted by Gasteiger charge is -2.17. The summed E-state index contributed by atoms with van der Waals surface area (Å²) < 4.78 is 0. The summed E-state index contributed by atoms with van der Waals surface area (Å²) in [6.07, 6.45) is 4.44. The molecule has 24 heavy (non-hydrogen) atoms. The highest BCUT2D eigenvalue weighted by atomic mass is 16.2. The average Bonchev–Trinajstić information content (AvgIpc) is 3.20. The van der Waals surface area contributed by atoms with Gasteiger partial charge in [-0.25, -0.2) is 0 Å². The SMILES string of the molecule is N[C@@H](Cc1c[nH]c2ccccc12)C(=O)N[C@H]1CCc2ccccc21. The lowest BCUT2D eigenvalue weighted by molar-refractivity contribution is -0.123. The van der Waals surface area contributed by atoms with Crippen LogP contribution < -0.4 is 11.1 Å². The monoisotopic (exact) mass is 319 g/mol. The van der Waals surface area contributed by atoms with Gasteiger partial charge in [0, 0.05) is 17.1 Å². The molecule has 1 aliphatic rings. The fourth-order valence-electron chi connectivity index (χ4n) is 3.62. The molecule has 2 aromatic carbocycles. The summed E-state index contributed by atoms with van der Waals surface area (Å²) in [5, 5.41) is 4.25. The third-order valence-electron chi connectivity index (χ3n) is 4.90. The number of aromatic nitrogens is 1. The number of H-pyrrole nitrogens is 1. The Bertz CT molecular complexity index is 883. The van der Waals surface area contributed by atoms with Crippen molar-refractivity contribution >= 4 is 16.8 Å². The first-order chi connectivity index (χ1) is 11.7. The molecule has 3 aromatic rings. The molecule has 0 saturated carbocycles. The molecule has 0 saturated heterocycles. The minimum Gasteiger partial charge on any atom is -0.361 e. The maximum absolute atomic E-state index is 12.5. The van der Waals surface area contributed by atoms with E-state index >= 15 is 0 Å². The molecular weight excluding hydrogens is 298 g/mol. The summed E-state index contributed by atoms with van der Waals surface area (Å²) in [5.41, 5.74) is 10.9. The molecule has 0 aliphatic heterocycles. The fraction of sp³-hybridized carbons (Fsp3) is 0.250. The van der Waals surface area contributed by atoms with Crippen LogP contribution in [-0.2, 0) is 17.6 Å². The van der Waals surface area contributed by atoms with E-state index in [4.69, 9.17) is 5.73 Å². The van der Waals surface area contributed by atoms with Crippen LogP contribution in [-0.4, -0.2) is 16.9 Å². The standard InChI is InChI=1S/C20H21N3O/c21-17(11-14-12-22-18-8-4-3-7-16(14)18)20(24)23-19-10-9-13-5-1-2-6-15(13)19/h1-8,12,17,19,22H,9-11,21H2,(H,23,24)/t17-,19-/m0/s1. The summed E-state index contributed by atoms with van der Waals surface area (Å²) in [4.78, 5) is 15.8. The molecule has 0 radical (unpaired) electrons. The summed E-state index contributed by atoms with van der Waals surface area (Å²) in [6.45, 7) is 0. The van der Waals surface area contributed by atoms with Crippen molar-refractivity contribution in [2.24, 2.45) is 5.73 Å². The molecule has 4 rings (SSSR count). The molecule has 0 bridgehead atoms. The Morgan fingerprint density at radius 1 is 1.21 bits per heavy atom. The number of fused-ring (bicyclic) bond motifs is 2. The third-order valence-corrected chi connectivity index (χ3v) is 4.90. The number of nitrogens with one attached hydrogen (secondary N) is 2. The van der Waals surface area contributed by atoms with Crippen molar-refractivity contribution < 1.29 is 4.79 Å². The van der Waals surface area contributed by atoms with Crippen molar-refractivity contribution in [3.8, 4) is 0 Å². The molecule has 1 heterocycles. The van der Waals surface area contributed by atoms with Gasteiger partial charge in [0.15, 0.2) is 0 Å². The number of aryl methyl sites for hydroxylation is 1. The second-order valence-electron chi connectivity index (χ2n) is 6.47. The van der Waals surface area contributed by atoms with Crippen LogP contribution in [0.25, 0.3) is 10.9 Å². The van der Waals surface area contributed by atoms with Gasteiger partial charge in [-0.2, -0.15) is 0 Å². The van der Waals surface area contributed by atoms with Gasteiger partial charge >= 0.3 is 0 Å². The van der Waals surface area contributed by atoms with Crippen LogP contribution in [0.4, 0.5) is 0 Å². The summed E-state index contributed by atoms with van der Waals surface area (Å²) in [6, 6.07) is 15.9. The molecular formula is C20H21N3O. The van der Waals surface area contributed by atoms with E-state index in [9.17, 15) is 4.79 Å². The van der Waals surface area contributed by atoms with Crippen LogP contribution in [0.1, 0.15) is 29.2 Å². The Kier molecular flexibility index (Phi) is 3.82.